The molecule has 0 fully saturated rings. The fourth-order valence-electron chi connectivity index (χ4n) is 1.46. The molecule has 86 valence electrons. The van der Waals surface area contributed by atoms with Gasteiger partial charge < -0.3 is 21.3 Å². The van der Waals surface area contributed by atoms with Crippen molar-refractivity contribution in [2.24, 2.45) is 0 Å². The molecule has 2 atom stereocenters. The van der Waals surface area contributed by atoms with Crippen molar-refractivity contribution in [2.45, 2.75) is 33.2 Å². The minimum absolute atomic E-state index is 0. The van der Waals surface area contributed by atoms with Gasteiger partial charge in [0.15, 0.2) is 0 Å². The van der Waals surface area contributed by atoms with Gasteiger partial charge in [0, 0.05) is 5.69 Å². The summed E-state index contributed by atoms with van der Waals surface area (Å²) in [5, 5.41) is 18.9. The van der Waals surface area contributed by atoms with Crippen molar-refractivity contribution in [3.63, 3.8) is 0 Å². The van der Waals surface area contributed by atoms with E-state index in [2.05, 4.69) is 0 Å². The van der Waals surface area contributed by atoms with Crippen molar-refractivity contribution < 1.29 is 10.2 Å². The summed E-state index contributed by atoms with van der Waals surface area (Å²) in [6, 6.07) is 7.67. The maximum Gasteiger partial charge on any atom is 0.126 e. The van der Waals surface area contributed by atoms with Crippen LogP contribution in [-0.2, 0) is 0 Å². The standard InChI is InChI=1S/C11H17NO2.H3N/c1-8-4-6-11(7-5-8)12(9(2)13)10(3)14;/h4-7,9-10,13-14H,1-3H3;1H3. The lowest BCUT2D eigenvalue weighted by Crippen LogP contribution is -2.40. The second-order valence-corrected chi connectivity index (χ2v) is 3.51. The Morgan fingerprint density at radius 2 is 1.40 bits per heavy atom. The highest BCUT2D eigenvalue weighted by molar-refractivity contribution is 5.48. The van der Waals surface area contributed by atoms with Crippen LogP contribution in [0.3, 0.4) is 0 Å². The molecule has 1 aromatic rings. The second-order valence-electron chi connectivity index (χ2n) is 3.51. The Labute approximate surface area is 90.7 Å². The Hall–Kier alpha value is -1.10. The lowest BCUT2D eigenvalue weighted by atomic mass is 10.2. The van der Waals surface area contributed by atoms with Crippen LogP contribution in [-0.4, -0.2) is 22.7 Å². The summed E-state index contributed by atoms with van der Waals surface area (Å²) in [7, 11) is 0. The van der Waals surface area contributed by atoms with Crippen molar-refractivity contribution >= 4 is 5.69 Å². The first-order chi connectivity index (χ1) is 6.52. The van der Waals surface area contributed by atoms with Gasteiger partial charge in [-0.3, -0.25) is 0 Å². The predicted octanol–water partition coefficient (Wildman–Crippen LogP) is 1.64. The molecule has 0 aromatic heterocycles. The van der Waals surface area contributed by atoms with E-state index in [1.165, 1.54) is 0 Å². The third-order valence-electron chi connectivity index (χ3n) is 2.14. The van der Waals surface area contributed by atoms with Gasteiger partial charge in [0.05, 0.1) is 0 Å². The molecule has 2 unspecified atom stereocenters. The van der Waals surface area contributed by atoms with E-state index in [-0.39, 0.29) is 6.15 Å². The monoisotopic (exact) mass is 212 g/mol. The number of hydrogen-bond acceptors (Lipinski definition) is 4. The normalized spacial score (nSPS) is 13.9. The van der Waals surface area contributed by atoms with Gasteiger partial charge in [0.25, 0.3) is 0 Å². The Morgan fingerprint density at radius 3 is 1.73 bits per heavy atom. The van der Waals surface area contributed by atoms with E-state index in [0.717, 1.165) is 11.3 Å². The number of anilines is 1. The molecule has 15 heavy (non-hydrogen) atoms. The number of benzene rings is 1. The molecule has 0 aliphatic rings. The minimum Gasteiger partial charge on any atom is -0.374 e. The number of nitrogens with zero attached hydrogens (tertiary/aromatic N) is 1. The maximum absolute atomic E-state index is 9.47. The van der Waals surface area contributed by atoms with Crippen LogP contribution < -0.4 is 11.1 Å². The van der Waals surface area contributed by atoms with Gasteiger partial charge in [0.2, 0.25) is 0 Å². The van der Waals surface area contributed by atoms with Crippen LogP contribution in [0.5, 0.6) is 0 Å². The molecule has 1 rings (SSSR count). The summed E-state index contributed by atoms with van der Waals surface area (Å²) in [6.07, 6.45) is -1.39. The highest BCUT2D eigenvalue weighted by Crippen LogP contribution is 2.18. The summed E-state index contributed by atoms with van der Waals surface area (Å²) < 4.78 is 0. The quantitative estimate of drug-likeness (QED) is 0.665. The van der Waals surface area contributed by atoms with Crippen LogP contribution in [0.15, 0.2) is 24.3 Å². The molecule has 1 aromatic carbocycles. The third-order valence-corrected chi connectivity index (χ3v) is 2.14. The zero-order chi connectivity index (χ0) is 10.7. The molecule has 4 heteroatoms. The lowest BCUT2D eigenvalue weighted by molar-refractivity contribution is 0.105. The van der Waals surface area contributed by atoms with Crippen molar-refractivity contribution in [3.8, 4) is 0 Å². The molecule has 4 nitrogen and oxygen atoms in total. The molecule has 5 N–H and O–H groups in total. The average Bonchev–Trinajstić information content (AvgIpc) is 2.07. The van der Waals surface area contributed by atoms with Gasteiger partial charge in [-0.25, -0.2) is 0 Å². The van der Waals surface area contributed by atoms with E-state index in [0.29, 0.717) is 0 Å². The number of hydrogen-bond donors (Lipinski definition) is 3. The fraction of sp³-hybridized carbons (Fsp3) is 0.455. The van der Waals surface area contributed by atoms with Crippen LogP contribution in [0.2, 0.25) is 0 Å². The number of aliphatic hydroxyl groups is 2. The molecular weight excluding hydrogens is 192 g/mol. The Bertz CT molecular complexity index is 275. The summed E-state index contributed by atoms with van der Waals surface area (Å²) in [5.41, 5.74) is 1.98. The van der Waals surface area contributed by atoms with Crippen LogP contribution in [0.25, 0.3) is 0 Å². The number of aliphatic hydroxyl groups excluding tert-OH is 2. The Kier molecular flexibility index (Phi) is 5.28. The van der Waals surface area contributed by atoms with Gasteiger partial charge in [-0.2, -0.15) is 0 Å². The van der Waals surface area contributed by atoms with Gasteiger partial charge in [-0.05, 0) is 32.9 Å². The molecule has 0 amide bonds. The van der Waals surface area contributed by atoms with Crippen molar-refractivity contribution in [1.82, 2.24) is 6.15 Å². The van der Waals surface area contributed by atoms with Crippen LogP contribution in [0.4, 0.5) is 5.69 Å². The zero-order valence-corrected chi connectivity index (χ0v) is 9.51. The first-order valence-corrected chi connectivity index (χ1v) is 4.73. The number of rotatable bonds is 3. The van der Waals surface area contributed by atoms with Gasteiger partial charge in [-0.15, -0.1) is 0 Å². The van der Waals surface area contributed by atoms with Crippen LogP contribution in [0.1, 0.15) is 19.4 Å². The van der Waals surface area contributed by atoms with Crippen molar-refractivity contribution in [3.05, 3.63) is 29.8 Å². The topological polar surface area (TPSA) is 78.7 Å². The zero-order valence-electron chi connectivity index (χ0n) is 9.51. The summed E-state index contributed by atoms with van der Waals surface area (Å²) in [5.74, 6) is 0. The van der Waals surface area contributed by atoms with Crippen molar-refractivity contribution in [1.29, 1.82) is 0 Å². The van der Waals surface area contributed by atoms with E-state index in [1.54, 1.807) is 18.7 Å². The van der Waals surface area contributed by atoms with E-state index < -0.39 is 12.5 Å². The SMILES string of the molecule is Cc1ccc(N(C(C)O)C(C)O)cc1.N. The van der Waals surface area contributed by atoms with E-state index in [1.807, 2.05) is 31.2 Å². The third kappa shape index (κ3) is 3.51. The highest BCUT2D eigenvalue weighted by atomic mass is 16.3. The van der Waals surface area contributed by atoms with Crippen LogP contribution >= 0.6 is 0 Å². The smallest absolute Gasteiger partial charge is 0.126 e. The van der Waals surface area contributed by atoms with Gasteiger partial charge in [0.1, 0.15) is 12.5 Å². The molecule has 0 aliphatic carbocycles. The summed E-state index contributed by atoms with van der Waals surface area (Å²) >= 11 is 0. The molecule has 0 saturated carbocycles. The summed E-state index contributed by atoms with van der Waals surface area (Å²) in [6.45, 7) is 5.26. The largest absolute Gasteiger partial charge is 0.374 e. The average molecular weight is 212 g/mol. The Morgan fingerprint density at radius 1 is 1.00 bits per heavy atom. The fourth-order valence-corrected chi connectivity index (χ4v) is 1.46. The molecular formula is C11H20N2O2. The summed E-state index contributed by atoms with van der Waals surface area (Å²) in [4.78, 5) is 1.54. The molecule has 0 saturated heterocycles. The molecule has 0 heterocycles. The predicted molar refractivity (Wildman–Crippen MR) is 62.0 cm³/mol. The minimum atomic E-state index is -0.697. The highest BCUT2D eigenvalue weighted by Gasteiger charge is 2.15. The maximum atomic E-state index is 9.47. The van der Waals surface area contributed by atoms with Crippen LogP contribution in [0, 0.1) is 6.92 Å². The first-order valence-electron chi connectivity index (χ1n) is 4.73. The van der Waals surface area contributed by atoms with Gasteiger partial charge in [-0.1, -0.05) is 17.7 Å². The van der Waals surface area contributed by atoms with Crippen molar-refractivity contribution in [2.75, 3.05) is 4.90 Å². The second kappa shape index (κ2) is 5.70. The van der Waals surface area contributed by atoms with Gasteiger partial charge >= 0.3 is 0 Å². The Balaban J connectivity index is 0.00000196. The molecule has 0 bridgehead atoms. The molecule has 0 aliphatic heterocycles. The van der Waals surface area contributed by atoms with E-state index in [9.17, 15) is 10.2 Å². The molecule has 0 spiro atoms. The van der Waals surface area contributed by atoms with E-state index in [4.69, 9.17) is 0 Å². The number of aryl methyl sites for hydroxylation is 1. The lowest BCUT2D eigenvalue weighted by Gasteiger charge is -2.30. The van der Waals surface area contributed by atoms with E-state index >= 15 is 0 Å². The first kappa shape index (κ1) is 13.9. The molecule has 0 radical (unpaired) electrons.